The molecule has 4 nitrogen and oxygen atoms in total. The number of hydrogen-bond donors (Lipinski definition) is 1. The van der Waals surface area contributed by atoms with Crippen LogP contribution in [-0.2, 0) is 4.79 Å². The maximum Gasteiger partial charge on any atom is 0.241 e. The van der Waals surface area contributed by atoms with E-state index in [1.54, 1.807) is 0 Å². The lowest BCUT2D eigenvalue weighted by Gasteiger charge is -2.50. The van der Waals surface area contributed by atoms with Crippen LogP contribution in [0.3, 0.4) is 0 Å². The number of piperidine rings is 2. The SMILES string of the molecule is CCC1NC(C(C)C)N(C2CC3CCCC(C2)N3C)C1=O. The Morgan fingerprint density at radius 1 is 1.19 bits per heavy atom. The van der Waals surface area contributed by atoms with Gasteiger partial charge < -0.3 is 9.80 Å². The lowest BCUT2D eigenvalue weighted by molar-refractivity contribution is -0.135. The first kappa shape index (κ1) is 15.3. The predicted octanol–water partition coefficient (Wildman–Crippen LogP) is 2.19. The number of carbonyl (C=O) groups is 1. The van der Waals surface area contributed by atoms with Crippen LogP contribution < -0.4 is 5.32 Å². The molecular formula is C17H31N3O. The second-order valence-electron chi connectivity index (χ2n) is 7.59. The van der Waals surface area contributed by atoms with Crippen LogP contribution in [-0.4, -0.2) is 53.1 Å². The topological polar surface area (TPSA) is 35.6 Å². The normalized spacial score (nSPS) is 41.1. The number of hydrogen-bond acceptors (Lipinski definition) is 3. The van der Waals surface area contributed by atoms with Gasteiger partial charge in [-0.25, -0.2) is 0 Å². The van der Waals surface area contributed by atoms with Gasteiger partial charge in [0.25, 0.3) is 0 Å². The number of amides is 1. The molecule has 3 fully saturated rings. The summed E-state index contributed by atoms with van der Waals surface area (Å²) < 4.78 is 0. The molecule has 3 aliphatic rings. The summed E-state index contributed by atoms with van der Waals surface area (Å²) in [6.07, 6.45) is 7.45. The molecule has 0 saturated carbocycles. The number of rotatable bonds is 3. The van der Waals surface area contributed by atoms with E-state index in [-0.39, 0.29) is 12.2 Å². The summed E-state index contributed by atoms with van der Waals surface area (Å²) in [6.45, 7) is 6.57. The lowest BCUT2D eigenvalue weighted by Crippen LogP contribution is -2.58. The Morgan fingerprint density at radius 2 is 1.81 bits per heavy atom. The van der Waals surface area contributed by atoms with E-state index in [9.17, 15) is 4.79 Å². The maximum atomic E-state index is 12.8. The van der Waals surface area contributed by atoms with Gasteiger partial charge in [0.2, 0.25) is 5.91 Å². The number of fused-ring (bicyclic) bond motifs is 2. The van der Waals surface area contributed by atoms with E-state index in [0.717, 1.165) is 6.42 Å². The largest absolute Gasteiger partial charge is 0.322 e. The molecule has 3 saturated heterocycles. The highest BCUT2D eigenvalue weighted by Crippen LogP contribution is 2.37. The Kier molecular flexibility index (Phi) is 4.28. The van der Waals surface area contributed by atoms with E-state index in [1.165, 1.54) is 32.1 Å². The van der Waals surface area contributed by atoms with E-state index in [1.807, 2.05) is 0 Å². The standard InChI is InChI=1S/C17H31N3O/c1-5-15-17(21)20(16(18-15)11(2)3)14-9-12-7-6-8-13(10-14)19(12)4/h11-16,18H,5-10H2,1-4H3. The van der Waals surface area contributed by atoms with Crippen LogP contribution in [0.4, 0.5) is 0 Å². The minimum absolute atomic E-state index is 0.0388. The average Bonchev–Trinajstić information content (AvgIpc) is 2.76. The zero-order valence-corrected chi connectivity index (χ0v) is 14.0. The van der Waals surface area contributed by atoms with Gasteiger partial charge in [0, 0.05) is 18.1 Å². The smallest absolute Gasteiger partial charge is 0.241 e. The molecule has 3 heterocycles. The van der Waals surface area contributed by atoms with Gasteiger partial charge in [-0.2, -0.15) is 0 Å². The minimum atomic E-state index is 0.0388. The Labute approximate surface area is 129 Å². The zero-order chi connectivity index (χ0) is 15.1. The fraction of sp³-hybridized carbons (Fsp3) is 0.941. The minimum Gasteiger partial charge on any atom is -0.322 e. The van der Waals surface area contributed by atoms with E-state index < -0.39 is 0 Å². The van der Waals surface area contributed by atoms with Crippen molar-refractivity contribution in [2.45, 2.75) is 89.6 Å². The summed E-state index contributed by atoms with van der Waals surface area (Å²) in [6, 6.07) is 1.85. The number of nitrogens with one attached hydrogen (secondary N) is 1. The van der Waals surface area contributed by atoms with Crippen molar-refractivity contribution in [1.29, 1.82) is 0 Å². The first-order valence-electron chi connectivity index (χ1n) is 8.83. The molecule has 1 amide bonds. The molecule has 3 aliphatic heterocycles. The van der Waals surface area contributed by atoms with Crippen molar-refractivity contribution in [3.63, 3.8) is 0 Å². The molecule has 4 unspecified atom stereocenters. The van der Waals surface area contributed by atoms with Crippen LogP contribution in [0.15, 0.2) is 0 Å². The van der Waals surface area contributed by atoms with Gasteiger partial charge in [-0.3, -0.25) is 10.1 Å². The highest BCUT2D eigenvalue weighted by Gasteiger charge is 2.46. The molecule has 0 aliphatic carbocycles. The van der Waals surface area contributed by atoms with Gasteiger partial charge in [-0.15, -0.1) is 0 Å². The molecule has 2 bridgehead atoms. The first-order chi connectivity index (χ1) is 10.0. The van der Waals surface area contributed by atoms with Gasteiger partial charge in [0.05, 0.1) is 12.2 Å². The third kappa shape index (κ3) is 2.61. The predicted molar refractivity (Wildman–Crippen MR) is 84.9 cm³/mol. The molecule has 0 aromatic rings. The van der Waals surface area contributed by atoms with Gasteiger partial charge in [-0.05, 0) is 45.1 Å². The van der Waals surface area contributed by atoms with E-state index >= 15 is 0 Å². The van der Waals surface area contributed by atoms with Crippen LogP contribution in [0.2, 0.25) is 0 Å². The quantitative estimate of drug-likeness (QED) is 0.866. The third-order valence-electron chi connectivity index (χ3n) is 5.97. The lowest BCUT2D eigenvalue weighted by atomic mass is 9.81. The van der Waals surface area contributed by atoms with Crippen molar-refractivity contribution >= 4 is 5.91 Å². The molecule has 0 spiro atoms. The fourth-order valence-electron chi connectivity index (χ4n) is 4.70. The summed E-state index contributed by atoms with van der Waals surface area (Å²) >= 11 is 0. The molecule has 0 aromatic heterocycles. The molecule has 0 aromatic carbocycles. The summed E-state index contributed by atoms with van der Waals surface area (Å²) in [5.41, 5.74) is 0. The van der Waals surface area contributed by atoms with Crippen molar-refractivity contribution < 1.29 is 4.79 Å². The van der Waals surface area contributed by atoms with Crippen molar-refractivity contribution in [1.82, 2.24) is 15.1 Å². The summed E-state index contributed by atoms with van der Waals surface area (Å²) in [7, 11) is 2.28. The Morgan fingerprint density at radius 3 is 2.33 bits per heavy atom. The van der Waals surface area contributed by atoms with Crippen LogP contribution in [0.25, 0.3) is 0 Å². The van der Waals surface area contributed by atoms with Gasteiger partial charge in [0.15, 0.2) is 0 Å². The first-order valence-corrected chi connectivity index (χ1v) is 8.83. The monoisotopic (exact) mass is 293 g/mol. The summed E-state index contributed by atoms with van der Waals surface area (Å²) in [5, 5.41) is 3.58. The Hall–Kier alpha value is -0.610. The summed E-state index contributed by atoms with van der Waals surface area (Å²) in [5.74, 6) is 0.828. The van der Waals surface area contributed by atoms with Crippen LogP contribution >= 0.6 is 0 Å². The molecule has 4 atom stereocenters. The van der Waals surface area contributed by atoms with Gasteiger partial charge in [0.1, 0.15) is 0 Å². The van der Waals surface area contributed by atoms with E-state index in [4.69, 9.17) is 0 Å². The highest BCUT2D eigenvalue weighted by atomic mass is 16.2. The maximum absolute atomic E-state index is 12.8. The van der Waals surface area contributed by atoms with Crippen molar-refractivity contribution in [3.05, 3.63) is 0 Å². The van der Waals surface area contributed by atoms with E-state index in [0.29, 0.717) is 30.0 Å². The van der Waals surface area contributed by atoms with Gasteiger partial charge in [-0.1, -0.05) is 27.2 Å². The van der Waals surface area contributed by atoms with Crippen LogP contribution in [0.5, 0.6) is 0 Å². The Balaban J connectivity index is 1.79. The molecular weight excluding hydrogens is 262 g/mol. The number of carbonyl (C=O) groups excluding carboxylic acids is 1. The molecule has 3 rings (SSSR count). The van der Waals surface area contributed by atoms with Crippen molar-refractivity contribution in [2.24, 2.45) is 5.92 Å². The third-order valence-corrected chi connectivity index (χ3v) is 5.97. The molecule has 0 radical (unpaired) electrons. The molecule has 120 valence electrons. The Bertz CT molecular complexity index is 383. The molecule has 21 heavy (non-hydrogen) atoms. The second-order valence-corrected chi connectivity index (χ2v) is 7.59. The van der Waals surface area contributed by atoms with Crippen molar-refractivity contribution in [3.8, 4) is 0 Å². The van der Waals surface area contributed by atoms with Crippen LogP contribution in [0.1, 0.15) is 59.3 Å². The molecule has 1 N–H and O–H groups in total. The highest BCUT2D eigenvalue weighted by molar-refractivity contribution is 5.84. The number of nitrogens with zero attached hydrogens (tertiary/aromatic N) is 2. The van der Waals surface area contributed by atoms with Crippen LogP contribution in [0, 0.1) is 5.92 Å². The zero-order valence-electron chi connectivity index (χ0n) is 14.0. The fourth-order valence-corrected chi connectivity index (χ4v) is 4.70. The summed E-state index contributed by atoms with van der Waals surface area (Å²) in [4.78, 5) is 17.6. The average molecular weight is 293 g/mol. The van der Waals surface area contributed by atoms with E-state index in [2.05, 4.69) is 42.9 Å². The molecule has 4 heteroatoms. The van der Waals surface area contributed by atoms with Gasteiger partial charge >= 0.3 is 0 Å². The van der Waals surface area contributed by atoms with Crippen molar-refractivity contribution in [2.75, 3.05) is 7.05 Å². The second kappa shape index (κ2) is 5.88.